The van der Waals surface area contributed by atoms with Gasteiger partial charge in [0, 0.05) is 12.2 Å². The third kappa shape index (κ3) is 1.20. The summed E-state index contributed by atoms with van der Waals surface area (Å²) in [6, 6.07) is 5.36. The predicted molar refractivity (Wildman–Crippen MR) is 51.3 cm³/mol. The number of nitrogens with two attached hydrogens (primary N) is 1. The smallest absolute Gasteiger partial charge is 0.176 e. The Labute approximate surface area is 80.9 Å². The van der Waals surface area contributed by atoms with Crippen molar-refractivity contribution in [2.75, 3.05) is 5.73 Å². The van der Waals surface area contributed by atoms with E-state index in [1.807, 2.05) is 6.07 Å². The van der Waals surface area contributed by atoms with Gasteiger partial charge in [0.05, 0.1) is 0 Å². The number of fused-ring (bicyclic) bond motifs is 1. The lowest BCUT2D eigenvalue weighted by atomic mass is 10.0. The number of anilines is 1. The van der Waals surface area contributed by atoms with E-state index in [2.05, 4.69) is 5.32 Å². The molecule has 0 aromatic heterocycles. The number of hydrogen-bond donors (Lipinski definition) is 2. The van der Waals surface area contributed by atoms with Crippen LogP contribution in [0, 0.1) is 0 Å². The van der Waals surface area contributed by atoms with E-state index >= 15 is 0 Å². The molecule has 1 atom stereocenters. The molecule has 0 fully saturated rings. The zero-order chi connectivity index (χ0) is 9.47. The monoisotopic (exact) mass is 196 g/mol. The summed E-state index contributed by atoms with van der Waals surface area (Å²) in [5.74, 6) is 0. The van der Waals surface area contributed by atoms with Crippen molar-refractivity contribution in [2.45, 2.75) is 11.5 Å². The zero-order valence-electron chi connectivity index (χ0n) is 6.88. The summed E-state index contributed by atoms with van der Waals surface area (Å²) in [7, 11) is 0. The number of rotatable bonds is 1. The van der Waals surface area contributed by atoms with Crippen LogP contribution in [-0.4, -0.2) is 6.29 Å². The molecule has 0 saturated carbocycles. The summed E-state index contributed by atoms with van der Waals surface area (Å²) >= 11 is 6.02. The highest BCUT2D eigenvalue weighted by molar-refractivity contribution is 6.31. The van der Waals surface area contributed by atoms with Gasteiger partial charge in [-0.15, -0.1) is 0 Å². The van der Waals surface area contributed by atoms with Crippen LogP contribution in [0.1, 0.15) is 11.1 Å². The standard InChI is InChI=1S/C9H9ClN2O/c10-9(5-13)8-2-1-7(11)3-6(8)4-12-9/h1-3,5,12H,4,11H2. The molecule has 0 radical (unpaired) electrons. The maximum atomic E-state index is 10.8. The highest BCUT2D eigenvalue weighted by atomic mass is 35.5. The quantitative estimate of drug-likeness (QED) is 0.305. The fraction of sp³-hybridized carbons (Fsp3) is 0.222. The molecule has 13 heavy (non-hydrogen) atoms. The molecule has 3 nitrogen and oxygen atoms in total. The highest BCUT2D eigenvalue weighted by Crippen LogP contribution is 2.33. The molecule has 1 aromatic rings. The van der Waals surface area contributed by atoms with Crippen LogP contribution in [-0.2, 0) is 16.3 Å². The van der Waals surface area contributed by atoms with Crippen LogP contribution >= 0.6 is 11.6 Å². The van der Waals surface area contributed by atoms with Crippen molar-refractivity contribution in [3.05, 3.63) is 29.3 Å². The molecule has 0 aliphatic carbocycles. The lowest BCUT2D eigenvalue weighted by molar-refractivity contribution is -0.110. The van der Waals surface area contributed by atoms with Gasteiger partial charge in [-0.1, -0.05) is 17.7 Å². The van der Waals surface area contributed by atoms with E-state index in [1.165, 1.54) is 0 Å². The summed E-state index contributed by atoms with van der Waals surface area (Å²) in [5.41, 5.74) is 8.08. The molecule has 2 rings (SSSR count). The normalized spacial score (nSPS) is 25.6. The molecule has 1 unspecified atom stereocenters. The number of benzene rings is 1. The maximum absolute atomic E-state index is 10.8. The van der Waals surface area contributed by atoms with Gasteiger partial charge in [-0.05, 0) is 23.3 Å². The first kappa shape index (κ1) is 8.53. The third-order valence-corrected chi connectivity index (χ3v) is 2.65. The first-order chi connectivity index (χ1) is 6.15. The molecule has 0 spiro atoms. The second-order valence-corrected chi connectivity index (χ2v) is 3.70. The van der Waals surface area contributed by atoms with Crippen LogP contribution in [0.15, 0.2) is 18.2 Å². The van der Waals surface area contributed by atoms with E-state index in [0.717, 1.165) is 11.1 Å². The lowest BCUT2D eigenvalue weighted by Crippen LogP contribution is -2.31. The number of hydrogen-bond acceptors (Lipinski definition) is 3. The van der Waals surface area contributed by atoms with Crippen LogP contribution < -0.4 is 11.1 Å². The fourth-order valence-electron chi connectivity index (χ4n) is 1.54. The molecule has 3 N–H and O–H groups in total. The Kier molecular flexibility index (Phi) is 1.78. The third-order valence-electron chi connectivity index (χ3n) is 2.22. The van der Waals surface area contributed by atoms with Gasteiger partial charge in [-0.25, -0.2) is 0 Å². The van der Waals surface area contributed by atoms with Crippen molar-refractivity contribution >= 4 is 23.6 Å². The largest absolute Gasteiger partial charge is 0.399 e. The van der Waals surface area contributed by atoms with Crippen molar-refractivity contribution < 1.29 is 4.79 Å². The minimum atomic E-state index is -1.05. The second-order valence-electron chi connectivity index (χ2n) is 3.10. The number of nitrogens with one attached hydrogen (secondary N) is 1. The van der Waals surface area contributed by atoms with Crippen LogP contribution in [0.2, 0.25) is 0 Å². The topological polar surface area (TPSA) is 55.1 Å². The average molecular weight is 197 g/mol. The van der Waals surface area contributed by atoms with Crippen molar-refractivity contribution in [1.82, 2.24) is 5.32 Å². The predicted octanol–water partition coefficient (Wildman–Crippen LogP) is 0.962. The fourth-order valence-corrected chi connectivity index (χ4v) is 1.79. The van der Waals surface area contributed by atoms with E-state index in [9.17, 15) is 4.79 Å². The van der Waals surface area contributed by atoms with Crippen LogP contribution in [0.3, 0.4) is 0 Å². The molecule has 0 amide bonds. The van der Waals surface area contributed by atoms with E-state index in [1.54, 1.807) is 12.1 Å². The van der Waals surface area contributed by atoms with Gasteiger partial charge in [0.15, 0.2) is 11.3 Å². The molecule has 1 heterocycles. The molecule has 4 heteroatoms. The van der Waals surface area contributed by atoms with Crippen LogP contribution in [0.4, 0.5) is 5.69 Å². The van der Waals surface area contributed by atoms with Gasteiger partial charge < -0.3 is 5.73 Å². The molecule has 1 aliphatic rings. The number of aldehydes is 1. The molecule has 0 saturated heterocycles. The Morgan fingerprint density at radius 3 is 3.08 bits per heavy atom. The van der Waals surface area contributed by atoms with E-state index < -0.39 is 5.00 Å². The van der Waals surface area contributed by atoms with Crippen molar-refractivity contribution in [2.24, 2.45) is 0 Å². The molecule has 1 aliphatic heterocycles. The first-order valence-corrected chi connectivity index (χ1v) is 4.33. The SMILES string of the molecule is Nc1ccc2c(c1)CNC2(Cl)C=O. The number of alkyl halides is 1. The number of carbonyl (C=O) groups excluding carboxylic acids is 1. The summed E-state index contributed by atoms with van der Waals surface area (Å²) < 4.78 is 0. The first-order valence-electron chi connectivity index (χ1n) is 3.95. The minimum Gasteiger partial charge on any atom is -0.399 e. The zero-order valence-corrected chi connectivity index (χ0v) is 7.64. The van der Waals surface area contributed by atoms with Gasteiger partial charge in [-0.3, -0.25) is 10.1 Å². The lowest BCUT2D eigenvalue weighted by Gasteiger charge is -2.14. The van der Waals surface area contributed by atoms with Crippen LogP contribution in [0.5, 0.6) is 0 Å². The Morgan fingerprint density at radius 2 is 2.38 bits per heavy atom. The average Bonchev–Trinajstić information content (AvgIpc) is 2.45. The minimum absolute atomic E-state index is 0.586. The number of nitrogen functional groups attached to an aromatic ring is 1. The van der Waals surface area contributed by atoms with E-state index in [0.29, 0.717) is 18.5 Å². The van der Waals surface area contributed by atoms with E-state index in [4.69, 9.17) is 17.3 Å². The van der Waals surface area contributed by atoms with Gasteiger partial charge in [0.2, 0.25) is 0 Å². The van der Waals surface area contributed by atoms with Crippen molar-refractivity contribution in [3.8, 4) is 0 Å². The molecule has 1 aromatic carbocycles. The Balaban J connectivity index is 2.55. The molecular formula is C9H9ClN2O. The maximum Gasteiger partial charge on any atom is 0.176 e. The molecule has 68 valence electrons. The second kappa shape index (κ2) is 2.72. The van der Waals surface area contributed by atoms with Gasteiger partial charge in [-0.2, -0.15) is 0 Å². The van der Waals surface area contributed by atoms with Crippen LogP contribution in [0.25, 0.3) is 0 Å². The summed E-state index contributed by atoms with van der Waals surface area (Å²) in [5, 5.41) is 2.92. The Bertz CT molecular complexity index is 367. The van der Waals surface area contributed by atoms with Gasteiger partial charge >= 0.3 is 0 Å². The number of carbonyl (C=O) groups is 1. The summed E-state index contributed by atoms with van der Waals surface area (Å²) in [6.07, 6.45) is 0.705. The molecular weight excluding hydrogens is 188 g/mol. The summed E-state index contributed by atoms with van der Waals surface area (Å²) in [6.45, 7) is 0.586. The van der Waals surface area contributed by atoms with Crippen molar-refractivity contribution in [3.63, 3.8) is 0 Å². The Hall–Kier alpha value is -1.06. The highest BCUT2D eigenvalue weighted by Gasteiger charge is 2.35. The summed E-state index contributed by atoms with van der Waals surface area (Å²) in [4.78, 5) is 9.70. The van der Waals surface area contributed by atoms with Gasteiger partial charge in [0.25, 0.3) is 0 Å². The van der Waals surface area contributed by atoms with E-state index in [-0.39, 0.29) is 0 Å². The van der Waals surface area contributed by atoms with Crippen molar-refractivity contribution in [1.29, 1.82) is 0 Å². The Morgan fingerprint density at radius 1 is 1.62 bits per heavy atom. The van der Waals surface area contributed by atoms with Gasteiger partial charge in [0.1, 0.15) is 0 Å². The molecule has 0 bridgehead atoms. The number of halogens is 1.